The summed E-state index contributed by atoms with van der Waals surface area (Å²) in [6.45, 7) is 2.00. The lowest BCUT2D eigenvalue weighted by Crippen LogP contribution is -2.29. The van der Waals surface area contributed by atoms with E-state index in [9.17, 15) is 14.4 Å². The minimum Gasteiger partial charge on any atom is -0.372 e. The molecule has 0 aromatic heterocycles. The lowest BCUT2D eigenvalue weighted by molar-refractivity contribution is 0.102. The van der Waals surface area contributed by atoms with Crippen molar-refractivity contribution in [2.24, 2.45) is 0 Å². The number of hydrogen-bond acceptors (Lipinski definition) is 3. The Morgan fingerprint density at radius 2 is 1.70 bits per heavy atom. The monoisotopic (exact) mass is 399 g/mol. The zero-order valence-corrected chi connectivity index (χ0v) is 16.6. The molecule has 0 atom stereocenters. The van der Waals surface area contributed by atoms with E-state index in [1.807, 2.05) is 18.2 Å². The molecule has 3 aromatic rings. The highest BCUT2D eigenvalue weighted by Crippen LogP contribution is 2.27. The number of amides is 1. The maximum Gasteiger partial charge on any atom is 0.255 e. The molecule has 1 heterocycles. The first-order valence-electron chi connectivity index (χ1n) is 10.1. The predicted octanol–water partition coefficient (Wildman–Crippen LogP) is 5.61. The van der Waals surface area contributed by atoms with Crippen LogP contribution in [-0.2, 0) is 0 Å². The Hall–Kier alpha value is -3.65. The van der Waals surface area contributed by atoms with Crippen LogP contribution in [0.4, 0.5) is 15.8 Å². The highest BCUT2D eigenvalue weighted by Gasteiger charge is 2.15. The molecule has 5 heteroatoms. The van der Waals surface area contributed by atoms with Gasteiger partial charge in [-0.1, -0.05) is 24.3 Å². The van der Waals surface area contributed by atoms with Gasteiger partial charge < -0.3 is 10.2 Å². The maximum atomic E-state index is 13.6. The van der Waals surface area contributed by atoms with Gasteiger partial charge in [0.15, 0.2) is 0 Å². The summed E-state index contributed by atoms with van der Waals surface area (Å²) >= 11 is 0. The van der Waals surface area contributed by atoms with E-state index in [1.165, 1.54) is 18.6 Å². The number of nitrogens with one attached hydrogen (secondary N) is 1. The molecular formula is C25H22FN3O. The zero-order chi connectivity index (χ0) is 20.9. The van der Waals surface area contributed by atoms with Crippen molar-refractivity contribution in [3.8, 4) is 17.2 Å². The normalized spacial score (nSPS) is 13.5. The molecule has 3 aromatic carbocycles. The highest BCUT2D eigenvalue weighted by molar-refractivity contribution is 6.05. The molecule has 0 unspecified atom stereocenters. The van der Waals surface area contributed by atoms with E-state index in [2.05, 4.69) is 16.3 Å². The maximum absolute atomic E-state index is 13.6. The summed E-state index contributed by atoms with van der Waals surface area (Å²) in [6.07, 6.45) is 3.57. The number of anilines is 2. The molecule has 0 aliphatic carbocycles. The van der Waals surface area contributed by atoms with Crippen molar-refractivity contribution in [2.75, 3.05) is 23.3 Å². The number of nitrogens with zero attached hydrogens (tertiary/aromatic N) is 2. The van der Waals surface area contributed by atoms with Crippen molar-refractivity contribution < 1.29 is 9.18 Å². The van der Waals surface area contributed by atoms with Crippen LogP contribution in [0.2, 0.25) is 0 Å². The number of nitriles is 1. The van der Waals surface area contributed by atoms with Crippen molar-refractivity contribution in [3.05, 3.63) is 83.7 Å². The van der Waals surface area contributed by atoms with Gasteiger partial charge in [0.2, 0.25) is 0 Å². The minimum absolute atomic E-state index is 0.276. The van der Waals surface area contributed by atoms with Crippen LogP contribution in [0.3, 0.4) is 0 Å². The molecule has 1 fully saturated rings. The second-order valence-corrected chi connectivity index (χ2v) is 7.43. The lowest BCUT2D eigenvalue weighted by Gasteiger charge is -2.29. The van der Waals surface area contributed by atoms with Crippen molar-refractivity contribution >= 4 is 17.3 Å². The fraction of sp³-hybridized carbons (Fsp3) is 0.200. The van der Waals surface area contributed by atoms with E-state index in [0.29, 0.717) is 22.4 Å². The van der Waals surface area contributed by atoms with Crippen molar-refractivity contribution in [3.63, 3.8) is 0 Å². The van der Waals surface area contributed by atoms with E-state index in [4.69, 9.17) is 0 Å². The van der Waals surface area contributed by atoms with Gasteiger partial charge in [-0.3, -0.25) is 4.79 Å². The van der Waals surface area contributed by atoms with Crippen LogP contribution >= 0.6 is 0 Å². The second-order valence-electron chi connectivity index (χ2n) is 7.43. The van der Waals surface area contributed by atoms with Crippen LogP contribution in [0.1, 0.15) is 35.2 Å². The second kappa shape index (κ2) is 8.79. The topological polar surface area (TPSA) is 56.1 Å². The van der Waals surface area contributed by atoms with Gasteiger partial charge in [0, 0.05) is 24.3 Å². The molecule has 4 nitrogen and oxygen atoms in total. The Morgan fingerprint density at radius 3 is 2.47 bits per heavy atom. The summed E-state index contributed by atoms with van der Waals surface area (Å²) in [5, 5.41) is 12.3. The van der Waals surface area contributed by atoms with Gasteiger partial charge in [-0.15, -0.1) is 0 Å². The fourth-order valence-electron chi connectivity index (χ4n) is 3.78. The molecule has 1 saturated heterocycles. The Kier molecular flexibility index (Phi) is 5.76. The quantitative estimate of drug-likeness (QED) is 0.621. The summed E-state index contributed by atoms with van der Waals surface area (Å²) in [5.41, 5.74) is 3.76. The van der Waals surface area contributed by atoms with Crippen molar-refractivity contribution in [1.82, 2.24) is 0 Å². The molecule has 1 amide bonds. The Labute approximate surface area is 175 Å². The molecule has 1 aliphatic rings. The van der Waals surface area contributed by atoms with Crippen LogP contribution in [0, 0.1) is 17.1 Å². The summed E-state index contributed by atoms with van der Waals surface area (Å²) in [5.74, 6) is -0.612. The summed E-state index contributed by atoms with van der Waals surface area (Å²) in [4.78, 5) is 15.2. The molecule has 0 radical (unpaired) electrons. The number of piperidine rings is 1. The van der Waals surface area contributed by atoms with E-state index >= 15 is 0 Å². The first-order valence-corrected chi connectivity index (χ1v) is 10.1. The third kappa shape index (κ3) is 4.33. The van der Waals surface area contributed by atoms with Gasteiger partial charge >= 0.3 is 0 Å². The molecule has 1 N–H and O–H groups in total. The highest BCUT2D eigenvalue weighted by atomic mass is 19.1. The molecule has 0 spiro atoms. The standard InChI is InChI=1S/C25H22FN3O/c26-22-8-4-6-18(14-22)19-10-11-21(17-27)24(16-19)28-25(30)20-7-5-9-23(15-20)29-12-2-1-3-13-29/h4-11,14-16H,1-3,12-13H2,(H,28,30). The lowest BCUT2D eigenvalue weighted by atomic mass is 10.0. The molecule has 30 heavy (non-hydrogen) atoms. The number of benzene rings is 3. The molecule has 150 valence electrons. The van der Waals surface area contributed by atoms with Gasteiger partial charge in [0.05, 0.1) is 11.3 Å². The number of rotatable bonds is 4. The van der Waals surface area contributed by atoms with Gasteiger partial charge in [-0.2, -0.15) is 5.26 Å². The van der Waals surface area contributed by atoms with Crippen LogP contribution < -0.4 is 10.2 Å². The average Bonchev–Trinajstić information content (AvgIpc) is 2.79. The van der Waals surface area contributed by atoms with Crippen molar-refractivity contribution in [2.45, 2.75) is 19.3 Å². The molecular weight excluding hydrogens is 377 g/mol. The first-order chi connectivity index (χ1) is 14.6. The summed E-state index contributed by atoms with van der Waals surface area (Å²) in [6, 6.07) is 21.0. The molecule has 0 bridgehead atoms. The van der Waals surface area contributed by atoms with Gasteiger partial charge in [-0.05, 0) is 72.9 Å². The zero-order valence-electron chi connectivity index (χ0n) is 16.6. The van der Waals surface area contributed by atoms with Crippen LogP contribution in [0.25, 0.3) is 11.1 Å². The van der Waals surface area contributed by atoms with Crippen LogP contribution in [-0.4, -0.2) is 19.0 Å². The SMILES string of the molecule is N#Cc1ccc(-c2cccc(F)c2)cc1NC(=O)c1cccc(N2CCCCC2)c1. The fourth-order valence-corrected chi connectivity index (χ4v) is 3.78. The number of hydrogen-bond donors (Lipinski definition) is 1. The average molecular weight is 399 g/mol. The molecule has 4 rings (SSSR count). The Morgan fingerprint density at radius 1 is 0.933 bits per heavy atom. The number of carbonyl (C=O) groups excluding carboxylic acids is 1. The van der Waals surface area contributed by atoms with E-state index in [1.54, 1.807) is 36.4 Å². The third-order valence-electron chi connectivity index (χ3n) is 5.38. The third-order valence-corrected chi connectivity index (χ3v) is 5.38. The minimum atomic E-state index is -0.336. The largest absolute Gasteiger partial charge is 0.372 e. The van der Waals surface area contributed by atoms with Crippen LogP contribution in [0.5, 0.6) is 0 Å². The van der Waals surface area contributed by atoms with Gasteiger partial charge in [-0.25, -0.2) is 4.39 Å². The van der Waals surface area contributed by atoms with E-state index in [0.717, 1.165) is 37.2 Å². The van der Waals surface area contributed by atoms with E-state index in [-0.39, 0.29) is 11.7 Å². The molecule has 1 aliphatic heterocycles. The Balaban J connectivity index is 1.60. The first kappa shape index (κ1) is 19.7. The van der Waals surface area contributed by atoms with Crippen molar-refractivity contribution in [1.29, 1.82) is 5.26 Å². The van der Waals surface area contributed by atoms with Gasteiger partial charge in [0.1, 0.15) is 11.9 Å². The molecule has 0 saturated carbocycles. The predicted molar refractivity (Wildman–Crippen MR) is 117 cm³/mol. The van der Waals surface area contributed by atoms with Crippen LogP contribution in [0.15, 0.2) is 66.7 Å². The number of carbonyl (C=O) groups is 1. The summed E-state index contributed by atoms with van der Waals surface area (Å²) < 4.78 is 13.6. The smallest absolute Gasteiger partial charge is 0.255 e. The summed E-state index contributed by atoms with van der Waals surface area (Å²) in [7, 11) is 0. The van der Waals surface area contributed by atoms with E-state index < -0.39 is 0 Å². The number of halogens is 1. The Bertz CT molecular complexity index is 1110. The van der Waals surface area contributed by atoms with Gasteiger partial charge in [0.25, 0.3) is 5.91 Å².